The molecule has 0 saturated carbocycles. The number of unbranched alkanes of at least 4 members (excludes halogenated alkanes) is 13. The Morgan fingerprint density at radius 1 is 0.696 bits per heavy atom. The van der Waals surface area contributed by atoms with Gasteiger partial charge in [-0.1, -0.05) is 103 Å². The van der Waals surface area contributed by atoms with Crippen molar-refractivity contribution in [2.75, 3.05) is 6.61 Å². The number of rotatable bonds is 18. The molecule has 0 aliphatic rings. The van der Waals surface area contributed by atoms with E-state index in [0.29, 0.717) is 0 Å². The molecule has 0 radical (unpaired) electrons. The Labute approximate surface area is 148 Å². The molecule has 0 aliphatic heterocycles. The topological polar surface area (TPSA) is 9.23 Å². The van der Waals surface area contributed by atoms with Gasteiger partial charge in [-0.3, -0.25) is 0 Å². The summed E-state index contributed by atoms with van der Waals surface area (Å²) >= 11 is 0. The van der Waals surface area contributed by atoms with E-state index in [9.17, 15) is 0 Å². The molecule has 0 bridgehead atoms. The van der Waals surface area contributed by atoms with E-state index < -0.39 is 8.32 Å². The van der Waals surface area contributed by atoms with Crippen LogP contribution in [-0.2, 0) is 4.43 Å². The molecular weight excluding hydrogens is 296 g/mol. The quantitative estimate of drug-likeness (QED) is 0.140. The van der Waals surface area contributed by atoms with Crippen LogP contribution in [0.5, 0.6) is 0 Å². The fraction of sp³-hybridized carbons (Fsp3) is 0.905. The highest BCUT2D eigenvalue weighted by molar-refractivity contribution is 6.71. The predicted molar refractivity (Wildman–Crippen MR) is 109 cm³/mol. The van der Waals surface area contributed by atoms with Gasteiger partial charge in [0.15, 0.2) is 8.32 Å². The van der Waals surface area contributed by atoms with E-state index in [1.165, 1.54) is 95.9 Å². The van der Waals surface area contributed by atoms with Gasteiger partial charge in [0.2, 0.25) is 0 Å². The van der Waals surface area contributed by atoms with Gasteiger partial charge in [-0.25, -0.2) is 0 Å². The zero-order valence-electron chi connectivity index (χ0n) is 16.5. The summed E-state index contributed by atoms with van der Waals surface area (Å²) in [4.78, 5) is 0. The van der Waals surface area contributed by atoms with Crippen molar-refractivity contribution < 1.29 is 4.43 Å². The molecule has 2 heteroatoms. The van der Waals surface area contributed by atoms with E-state index >= 15 is 0 Å². The lowest BCUT2D eigenvalue weighted by Gasteiger charge is -2.21. The van der Waals surface area contributed by atoms with Gasteiger partial charge >= 0.3 is 0 Å². The molecule has 0 unspecified atom stereocenters. The molecule has 1 nitrogen and oxygen atoms in total. The first-order valence-electron chi connectivity index (χ1n) is 10.4. The Balaban J connectivity index is 3.17. The van der Waals surface area contributed by atoms with E-state index in [0.717, 1.165) is 6.61 Å². The normalized spacial score (nSPS) is 11.8. The van der Waals surface area contributed by atoms with Crippen molar-refractivity contribution in [3.8, 4) is 0 Å². The first kappa shape index (κ1) is 22.9. The molecule has 0 aliphatic carbocycles. The molecule has 0 fully saturated rings. The average Bonchev–Trinajstić information content (AvgIpc) is 2.53. The van der Waals surface area contributed by atoms with Crippen LogP contribution in [0.4, 0.5) is 0 Å². The summed E-state index contributed by atoms with van der Waals surface area (Å²) < 4.78 is 5.91. The van der Waals surface area contributed by atoms with Gasteiger partial charge in [-0.15, -0.1) is 6.58 Å². The van der Waals surface area contributed by atoms with E-state index in [1.807, 2.05) is 6.08 Å². The van der Waals surface area contributed by atoms with Crippen LogP contribution in [0.3, 0.4) is 0 Å². The van der Waals surface area contributed by atoms with Gasteiger partial charge in [0.25, 0.3) is 0 Å². The highest BCUT2D eigenvalue weighted by Crippen LogP contribution is 2.18. The van der Waals surface area contributed by atoms with Crippen molar-refractivity contribution in [2.24, 2.45) is 0 Å². The van der Waals surface area contributed by atoms with Gasteiger partial charge in [0, 0.05) is 0 Å². The molecule has 0 aromatic heterocycles. The Morgan fingerprint density at radius 2 is 1.09 bits per heavy atom. The molecule has 0 heterocycles. The third-order valence-electron chi connectivity index (χ3n) is 4.72. The summed E-state index contributed by atoms with van der Waals surface area (Å²) in [5.74, 6) is 0. The maximum atomic E-state index is 5.91. The summed E-state index contributed by atoms with van der Waals surface area (Å²) in [6, 6.07) is 1.30. The summed E-state index contributed by atoms with van der Waals surface area (Å²) in [5.41, 5.74) is 0. The van der Waals surface area contributed by atoms with Crippen LogP contribution in [0.15, 0.2) is 12.7 Å². The monoisotopic (exact) mass is 340 g/mol. The minimum absolute atomic E-state index is 0.734. The Morgan fingerprint density at radius 3 is 1.48 bits per heavy atom. The third-order valence-corrected chi connectivity index (χ3v) is 7.23. The van der Waals surface area contributed by atoms with Crippen molar-refractivity contribution in [1.82, 2.24) is 0 Å². The van der Waals surface area contributed by atoms with Crippen LogP contribution >= 0.6 is 0 Å². The second-order valence-corrected chi connectivity index (χ2v) is 12.0. The third kappa shape index (κ3) is 18.1. The fourth-order valence-electron chi connectivity index (χ4n) is 3.10. The van der Waals surface area contributed by atoms with Crippen molar-refractivity contribution in [3.63, 3.8) is 0 Å². The first-order chi connectivity index (χ1) is 11.1. The Hall–Kier alpha value is -0.0831. The summed E-state index contributed by atoms with van der Waals surface area (Å²) in [6.45, 7) is 11.4. The molecule has 0 N–H and O–H groups in total. The number of hydrogen-bond acceptors (Lipinski definition) is 1. The minimum atomic E-state index is -1.40. The fourth-order valence-corrected chi connectivity index (χ4v) is 4.92. The molecule has 138 valence electrons. The van der Waals surface area contributed by atoms with Crippen LogP contribution in [0, 0.1) is 0 Å². The molecule has 0 saturated heterocycles. The molecule has 0 spiro atoms. The van der Waals surface area contributed by atoms with Gasteiger partial charge in [-0.05, 0) is 19.1 Å². The maximum Gasteiger partial charge on any atom is 0.187 e. The largest absolute Gasteiger partial charge is 0.414 e. The van der Waals surface area contributed by atoms with Crippen molar-refractivity contribution >= 4 is 8.32 Å². The lowest BCUT2D eigenvalue weighted by atomic mass is 10.0. The van der Waals surface area contributed by atoms with E-state index in [4.69, 9.17) is 4.43 Å². The Bertz CT molecular complexity index is 250. The van der Waals surface area contributed by atoms with Crippen LogP contribution in [0.2, 0.25) is 19.1 Å². The van der Waals surface area contributed by atoms with Crippen molar-refractivity contribution in [3.05, 3.63) is 12.7 Å². The second kappa shape index (κ2) is 16.8. The standard InChI is InChI=1S/C21H44OSi/c1-5-7-8-9-10-11-12-13-14-15-16-17-18-19-21-23(3,4)22-20-6-2/h6H,2,5,7-21H2,1,3-4H3. The lowest BCUT2D eigenvalue weighted by Crippen LogP contribution is -2.30. The summed E-state index contributed by atoms with van der Waals surface area (Å²) in [7, 11) is -1.40. The lowest BCUT2D eigenvalue weighted by molar-refractivity contribution is 0.350. The SMILES string of the molecule is C=CCO[Si](C)(C)CCCCCCCCCCCCCCCC. The highest BCUT2D eigenvalue weighted by Gasteiger charge is 2.20. The number of hydrogen-bond donors (Lipinski definition) is 0. The summed E-state index contributed by atoms with van der Waals surface area (Å²) in [5, 5.41) is 0. The average molecular weight is 341 g/mol. The van der Waals surface area contributed by atoms with Crippen molar-refractivity contribution in [1.29, 1.82) is 0 Å². The van der Waals surface area contributed by atoms with Gasteiger partial charge in [-0.2, -0.15) is 0 Å². The predicted octanol–water partition coefficient (Wildman–Crippen LogP) is 7.88. The van der Waals surface area contributed by atoms with E-state index in [1.54, 1.807) is 0 Å². The molecule has 0 aromatic rings. The molecule has 23 heavy (non-hydrogen) atoms. The molecular formula is C21H44OSi. The minimum Gasteiger partial charge on any atom is -0.414 e. The van der Waals surface area contributed by atoms with Crippen LogP contribution in [0.25, 0.3) is 0 Å². The Kier molecular flexibility index (Phi) is 16.7. The molecule has 0 aromatic carbocycles. The van der Waals surface area contributed by atoms with Gasteiger partial charge < -0.3 is 4.43 Å². The van der Waals surface area contributed by atoms with E-state index in [2.05, 4.69) is 26.6 Å². The van der Waals surface area contributed by atoms with Crippen LogP contribution in [-0.4, -0.2) is 14.9 Å². The maximum absolute atomic E-state index is 5.91. The second-order valence-electron chi connectivity index (χ2n) is 7.71. The smallest absolute Gasteiger partial charge is 0.187 e. The van der Waals surface area contributed by atoms with Crippen molar-refractivity contribution in [2.45, 2.75) is 116 Å². The van der Waals surface area contributed by atoms with Crippen LogP contribution < -0.4 is 0 Å². The van der Waals surface area contributed by atoms with Crippen LogP contribution in [0.1, 0.15) is 96.8 Å². The summed E-state index contributed by atoms with van der Waals surface area (Å²) in [6.07, 6.45) is 22.0. The molecule has 0 rings (SSSR count). The molecule has 0 atom stereocenters. The van der Waals surface area contributed by atoms with E-state index in [-0.39, 0.29) is 0 Å². The highest BCUT2D eigenvalue weighted by atomic mass is 28.4. The molecule has 0 amide bonds. The zero-order valence-corrected chi connectivity index (χ0v) is 17.5. The first-order valence-corrected chi connectivity index (χ1v) is 13.5. The zero-order chi connectivity index (χ0) is 17.2. The van der Waals surface area contributed by atoms with Gasteiger partial charge in [0.05, 0.1) is 6.61 Å². The van der Waals surface area contributed by atoms with Gasteiger partial charge in [0.1, 0.15) is 0 Å².